The van der Waals surface area contributed by atoms with Crippen LogP contribution < -0.4 is 10.6 Å². The van der Waals surface area contributed by atoms with E-state index in [-0.39, 0.29) is 11.6 Å². The summed E-state index contributed by atoms with van der Waals surface area (Å²) in [5, 5.41) is 15.0. The van der Waals surface area contributed by atoms with Crippen LogP contribution in [0.4, 0.5) is 11.7 Å². The average Bonchev–Trinajstić information content (AvgIpc) is 2.80. The topological polar surface area (TPSA) is 63.0 Å². The van der Waals surface area contributed by atoms with Gasteiger partial charge in [-0.05, 0) is 32.9 Å². The van der Waals surface area contributed by atoms with Gasteiger partial charge in [0, 0.05) is 5.54 Å². The van der Waals surface area contributed by atoms with Crippen LogP contribution in [-0.4, -0.2) is 15.7 Å². The minimum Gasteiger partial charge on any atom is -0.406 e. The lowest BCUT2D eigenvalue weighted by Crippen LogP contribution is -2.35. The maximum absolute atomic E-state index is 6.07. The Bertz CT molecular complexity index is 592. The van der Waals surface area contributed by atoms with E-state index in [1.165, 1.54) is 0 Å². The molecule has 0 spiro atoms. The molecule has 0 atom stereocenters. The Labute approximate surface area is 127 Å². The Hall–Kier alpha value is -1.30. The monoisotopic (exact) mass is 314 g/mol. The average molecular weight is 315 g/mol. The van der Waals surface area contributed by atoms with Crippen molar-refractivity contribution >= 4 is 34.9 Å². The number of benzene rings is 1. The van der Waals surface area contributed by atoms with Crippen LogP contribution in [-0.2, 0) is 6.54 Å². The molecular weight excluding hydrogens is 299 g/mol. The van der Waals surface area contributed by atoms with E-state index in [1.54, 1.807) is 18.2 Å². The molecule has 7 heteroatoms. The summed E-state index contributed by atoms with van der Waals surface area (Å²) in [6, 6.07) is 5.56. The molecule has 1 aromatic heterocycles. The number of rotatable bonds is 4. The Morgan fingerprint density at radius 2 is 1.95 bits per heavy atom. The molecular formula is C13H16Cl2N4O. The van der Waals surface area contributed by atoms with Crippen LogP contribution in [0.3, 0.4) is 0 Å². The lowest BCUT2D eigenvalue weighted by atomic mass is 10.1. The molecule has 5 nitrogen and oxygen atoms in total. The molecule has 0 amide bonds. The maximum atomic E-state index is 6.07. The van der Waals surface area contributed by atoms with E-state index >= 15 is 0 Å². The molecule has 0 radical (unpaired) electrons. The van der Waals surface area contributed by atoms with E-state index in [9.17, 15) is 0 Å². The second-order valence-electron chi connectivity index (χ2n) is 5.33. The van der Waals surface area contributed by atoms with E-state index in [4.69, 9.17) is 27.6 Å². The van der Waals surface area contributed by atoms with Crippen molar-refractivity contribution < 1.29 is 4.42 Å². The van der Waals surface area contributed by atoms with Crippen molar-refractivity contribution in [3.8, 4) is 0 Å². The van der Waals surface area contributed by atoms with Gasteiger partial charge in [0.05, 0.1) is 22.3 Å². The van der Waals surface area contributed by atoms with Crippen molar-refractivity contribution in [3.05, 3.63) is 34.1 Å². The SMILES string of the molecule is CC(C)(C)NCc1nnc(Nc2cccc(Cl)c2Cl)o1. The fourth-order valence-corrected chi connectivity index (χ4v) is 1.78. The summed E-state index contributed by atoms with van der Waals surface area (Å²) < 4.78 is 5.48. The molecule has 2 rings (SSSR count). The maximum Gasteiger partial charge on any atom is 0.320 e. The third-order valence-electron chi connectivity index (χ3n) is 2.43. The van der Waals surface area contributed by atoms with E-state index in [1.807, 2.05) is 0 Å². The Balaban J connectivity index is 2.04. The number of aromatic nitrogens is 2. The van der Waals surface area contributed by atoms with Gasteiger partial charge in [-0.2, -0.15) is 0 Å². The molecule has 0 saturated carbocycles. The van der Waals surface area contributed by atoms with E-state index < -0.39 is 0 Å². The minimum absolute atomic E-state index is 0.0156. The van der Waals surface area contributed by atoms with Gasteiger partial charge in [-0.3, -0.25) is 0 Å². The zero-order valence-electron chi connectivity index (χ0n) is 11.5. The van der Waals surface area contributed by atoms with Crippen molar-refractivity contribution in [2.24, 2.45) is 0 Å². The van der Waals surface area contributed by atoms with Gasteiger partial charge in [0.2, 0.25) is 5.89 Å². The summed E-state index contributed by atoms with van der Waals surface area (Å²) in [6.07, 6.45) is 0. The zero-order valence-corrected chi connectivity index (χ0v) is 13.0. The summed E-state index contributed by atoms with van der Waals surface area (Å²) in [5.74, 6) is 0.501. The normalized spacial score (nSPS) is 11.7. The molecule has 2 aromatic rings. The van der Waals surface area contributed by atoms with Gasteiger partial charge in [0.1, 0.15) is 0 Å². The van der Waals surface area contributed by atoms with Gasteiger partial charge in [-0.25, -0.2) is 0 Å². The van der Waals surface area contributed by atoms with Crippen molar-refractivity contribution in [1.29, 1.82) is 0 Å². The number of anilines is 2. The second kappa shape index (κ2) is 5.99. The highest BCUT2D eigenvalue weighted by atomic mass is 35.5. The van der Waals surface area contributed by atoms with Crippen molar-refractivity contribution in [1.82, 2.24) is 15.5 Å². The molecule has 0 aliphatic rings. The van der Waals surface area contributed by atoms with Crippen LogP contribution >= 0.6 is 23.2 Å². The number of nitrogens with one attached hydrogen (secondary N) is 2. The second-order valence-corrected chi connectivity index (χ2v) is 6.12. The predicted octanol–water partition coefficient (Wildman–Crippen LogP) is 4.01. The molecule has 108 valence electrons. The molecule has 0 saturated heterocycles. The van der Waals surface area contributed by atoms with Crippen molar-refractivity contribution in [2.45, 2.75) is 32.9 Å². The van der Waals surface area contributed by atoms with Crippen LogP contribution in [0.1, 0.15) is 26.7 Å². The smallest absolute Gasteiger partial charge is 0.320 e. The predicted molar refractivity (Wildman–Crippen MR) is 80.6 cm³/mol. The van der Waals surface area contributed by atoms with E-state index in [0.717, 1.165) is 0 Å². The Kier molecular flexibility index (Phi) is 4.52. The van der Waals surface area contributed by atoms with Crippen LogP contribution in [0.5, 0.6) is 0 Å². The molecule has 1 heterocycles. The van der Waals surface area contributed by atoms with E-state index in [2.05, 4.69) is 41.6 Å². The summed E-state index contributed by atoms with van der Waals surface area (Å²) in [4.78, 5) is 0. The fraction of sp³-hybridized carbons (Fsp3) is 0.385. The molecule has 2 N–H and O–H groups in total. The van der Waals surface area contributed by atoms with E-state index in [0.29, 0.717) is 28.2 Å². The molecule has 20 heavy (non-hydrogen) atoms. The fourth-order valence-electron chi connectivity index (χ4n) is 1.43. The zero-order chi connectivity index (χ0) is 14.8. The first-order valence-corrected chi connectivity index (χ1v) is 6.89. The van der Waals surface area contributed by atoms with Gasteiger partial charge in [0.15, 0.2) is 0 Å². The number of halogens is 2. The lowest BCUT2D eigenvalue weighted by molar-refractivity contribution is 0.384. The minimum atomic E-state index is -0.0156. The van der Waals surface area contributed by atoms with Crippen LogP contribution in [0.25, 0.3) is 0 Å². The van der Waals surface area contributed by atoms with Gasteiger partial charge >= 0.3 is 6.01 Å². The Morgan fingerprint density at radius 3 is 2.65 bits per heavy atom. The largest absolute Gasteiger partial charge is 0.406 e. The standard InChI is InChI=1S/C13H16Cl2N4O/c1-13(2,3)16-7-10-18-19-12(20-10)17-9-6-4-5-8(14)11(9)15/h4-6,16H,7H2,1-3H3,(H,17,19). The van der Waals surface area contributed by atoms with Crippen molar-refractivity contribution in [3.63, 3.8) is 0 Å². The van der Waals surface area contributed by atoms with Crippen LogP contribution in [0, 0.1) is 0 Å². The summed E-state index contributed by atoms with van der Waals surface area (Å²) in [6.45, 7) is 6.69. The summed E-state index contributed by atoms with van der Waals surface area (Å²) in [5.41, 5.74) is 0.608. The van der Waals surface area contributed by atoms with Crippen LogP contribution in [0.2, 0.25) is 10.0 Å². The van der Waals surface area contributed by atoms with Gasteiger partial charge < -0.3 is 15.1 Å². The third kappa shape index (κ3) is 4.10. The van der Waals surface area contributed by atoms with Gasteiger partial charge in [-0.1, -0.05) is 34.4 Å². The highest BCUT2D eigenvalue weighted by Gasteiger charge is 2.13. The number of hydrogen-bond donors (Lipinski definition) is 2. The molecule has 0 bridgehead atoms. The molecule has 1 aromatic carbocycles. The first kappa shape index (κ1) is 15.1. The molecule has 0 unspecified atom stereocenters. The highest BCUT2D eigenvalue weighted by Crippen LogP contribution is 2.31. The number of nitrogens with zero attached hydrogens (tertiary/aromatic N) is 2. The molecule has 0 aliphatic heterocycles. The number of hydrogen-bond acceptors (Lipinski definition) is 5. The summed E-state index contributed by atoms with van der Waals surface area (Å²) in [7, 11) is 0. The lowest BCUT2D eigenvalue weighted by Gasteiger charge is -2.18. The Morgan fingerprint density at radius 1 is 1.20 bits per heavy atom. The van der Waals surface area contributed by atoms with Gasteiger partial charge in [0.25, 0.3) is 0 Å². The first-order chi connectivity index (χ1) is 9.35. The first-order valence-electron chi connectivity index (χ1n) is 6.13. The summed E-state index contributed by atoms with van der Waals surface area (Å²) >= 11 is 12.0. The van der Waals surface area contributed by atoms with Gasteiger partial charge in [-0.15, -0.1) is 5.10 Å². The molecule has 0 aliphatic carbocycles. The quantitative estimate of drug-likeness (QED) is 0.892. The highest BCUT2D eigenvalue weighted by molar-refractivity contribution is 6.43. The molecule has 0 fully saturated rings. The van der Waals surface area contributed by atoms with Crippen molar-refractivity contribution in [2.75, 3.05) is 5.32 Å². The van der Waals surface area contributed by atoms with Crippen LogP contribution in [0.15, 0.2) is 22.6 Å². The third-order valence-corrected chi connectivity index (χ3v) is 3.25.